The Kier molecular flexibility index (Phi) is 7.25. The first-order valence-corrected chi connectivity index (χ1v) is 12.6. The molecule has 10 heteroatoms. The van der Waals surface area contributed by atoms with Gasteiger partial charge in [-0.15, -0.1) is 0 Å². The summed E-state index contributed by atoms with van der Waals surface area (Å²) in [6, 6.07) is 15.1. The van der Waals surface area contributed by atoms with Gasteiger partial charge in [0.1, 0.15) is 6.54 Å². The van der Waals surface area contributed by atoms with Gasteiger partial charge in [-0.25, -0.2) is 8.42 Å². The van der Waals surface area contributed by atoms with Crippen LogP contribution >= 0.6 is 0 Å². The fourth-order valence-corrected chi connectivity index (χ4v) is 5.37. The number of rotatable bonds is 9. The number of anilines is 1. The molecule has 3 aromatic rings. The van der Waals surface area contributed by atoms with E-state index < -0.39 is 22.5 Å². The Morgan fingerprint density at radius 2 is 1.61 bits per heavy atom. The van der Waals surface area contributed by atoms with Gasteiger partial charge < -0.3 is 24.3 Å². The van der Waals surface area contributed by atoms with E-state index in [1.165, 1.54) is 32.4 Å². The lowest BCUT2D eigenvalue weighted by Gasteiger charge is -2.25. The Morgan fingerprint density at radius 3 is 2.31 bits per heavy atom. The second-order valence-corrected chi connectivity index (χ2v) is 10.2. The molecular formula is C26H28N2O7S. The maximum Gasteiger partial charge on any atom is 0.264 e. The molecule has 1 amide bonds. The third-order valence-corrected chi connectivity index (χ3v) is 7.42. The predicted molar refractivity (Wildman–Crippen MR) is 134 cm³/mol. The smallest absolute Gasteiger partial charge is 0.264 e. The van der Waals surface area contributed by atoms with Gasteiger partial charge in [0.05, 0.1) is 24.8 Å². The molecule has 1 N–H and O–H groups in total. The second-order valence-electron chi connectivity index (χ2n) is 8.34. The van der Waals surface area contributed by atoms with Gasteiger partial charge >= 0.3 is 0 Å². The van der Waals surface area contributed by atoms with Crippen molar-refractivity contribution in [1.29, 1.82) is 0 Å². The Hall–Kier alpha value is -3.92. The standard InChI is InChI=1S/C26H28N2O7S/c1-17-9-18(2)11-20(10-17)28(36(30,31)21-6-8-22(32-3)24(13-21)33-4)15-26(29)27-14-19-5-7-23-25(12-19)35-16-34-23/h5-13H,14-16H2,1-4H3,(H,27,29). The zero-order valence-electron chi connectivity index (χ0n) is 20.5. The number of hydrogen-bond donors (Lipinski definition) is 1. The molecule has 190 valence electrons. The minimum Gasteiger partial charge on any atom is -0.493 e. The summed E-state index contributed by atoms with van der Waals surface area (Å²) in [7, 11) is -1.23. The third kappa shape index (κ3) is 5.33. The number of aryl methyl sites for hydroxylation is 2. The summed E-state index contributed by atoms with van der Waals surface area (Å²) in [5.74, 6) is 1.46. The van der Waals surface area contributed by atoms with Crippen molar-refractivity contribution in [3.63, 3.8) is 0 Å². The monoisotopic (exact) mass is 512 g/mol. The van der Waals surface area contributed by atoms with Crippen LogP contribution in [0.25, 0.3) is 0 Å². The molecule has 1 aliphatic heterocycles. The number of nitrogens with one attached hydrogen (secondary N) is 1. The highest BCUT2D eigenvalue weighted by Gasteiger charge is 2.29. The van der Waals surface area contributed by atoms with Crippen molar-refractivity contribution in [2.45, 2.75) is 25.3 Å². The summed E-state index contributed by atoms with van der Waals surface area (Å²) in [4.78, 5) is 13.0. The lowest BCUT2D eigenvalue weighted by atomic mass is 10.1. The topological polar surface area (TPSA) is 103 Å². The Balaban J connectivity index is 1.62. The number of ether oxygens (including phenoxy) is 4. The summed E-state index contributed by atoms with van der Waals surface area (Å²) in [5.41, 5.74) is 2.94. The molecule has 4 rings (SSSR count). The fourth-order valence-electron chi connectivity index (χ4n) is 3.95. The van der Waals surface area contributed by atoms with Crippen molar-refractivity contribution in [2.75, 3.05) is 31.9 Å². The molecule has 0 atom stereocenters. The first kappa shape index (κ1) is 25.2. The number of benzene rings is 3. The Bertz CT molecular complexity index is 1370. The van der Waals surface area contributed by atoms with E-state index in [1.54, 1.807) is 24.3 Å². The number of nitrogens with zero attached hydrogens (tertiary/aromatic N) is 1. The van der Waals surface area contributed by atoms with Crippen LogP contribution in [0.4, 0.5) is 5.69 Å². The number of carbonyl (C=O) groups is 1. The summed E-state index contributed by atoms with van der Waals surface area (Å²) >= 11 is 0. The van der Waals surface area contributed by atoms with Gasteiger partial charge in [0, 0.05) is 12.6 Å². The van der Waals surface area contributed by atoms with E-state index in [0.29, 0.717) is 22.9 Å². The van der Waals surface area contributed by atoms with Crippen molar-refractivity contribution in [3.8, 4) is 23.0 Å². The molecule has 0 radical (unpaired) electrons. The van der Waals surface area contributed by atoms with Crippen molar-refractivity contribution < 1.29 is 32.2 Å². The van der Waals surface area contributed by atoms with Gasteiger partial charge in [0.25, 0.3) is 10.0 Å². The largest absolute Gasteiger partial charge is 0.493 e. The number of methoxy groups -OCH3 is 2. The Morgan fingerprint density at radius 1 is 0.917 bits per heavy atom. The van der Waals surface area contributed by atoms with Crippen LogP contribution in [0, 0.1) is 13.8 Å². The van der Waals surface area contributed by atoms with E-state index >= 15 is 0 Å². The average Bonchev–Trinajstić information content (AvgIpc) is 3.32. The number of fused-ring (bicyclic) bond motifs is 1. The molecule has 1 heterocycles. The van der Waals surface area contributed by atoms with Crippen molar-refractivity contribution in [3.05, 3.63) is 71.3 Å². The number of amides is 1. The molecule has 0 spiro atoms. The van der Waals surface area contributed by atoms with E-state index in [4.69, 9.17) is 18.9 Å². The van der Waals surface area contributed by atoms with Crippen LogP contribution in [0.1, 0.15) is 16.7 Å². The molecule has 0 aromatic heterocycles. The van der Waals surface area contributed by atoms with Gasteiger partial charge in [-0.05, 0) is 66.9 Å². The highest BCUT2D eigenvalue weighted by Crippen LogP contribution is 2.34. The molecule has 36 heavy (non-hydrogen) atoms. The predicted octanol–water partition coefficient (Wildman–Crippen LogP) is 3.56. The van der Waals surface area contributed by atoms with Gasteiger partial charge in [-0.1, -0.05) is 12.1 Å². The summed E-state index contributed by atoms with van der Waals surface area (Å²) in [5, 5.41) is 2.80. The summed E-state index contributed by atoms with van der Waals surface area (Å²) < 4.78 is 49.9. The minimum atomic E-state index is -4.13. The molecule has 1 aliphatic rings. The number of hydrogen-bond acceptors (Lipinski definition) is 7. The SMILES string of the molecule is COc1ccc(S(=O)(=O)N(CC(=O)NCc2ccc3c(c2)OCO3)c2cc(C)cc(C)c2)cc1OC. The fraction of sp³-hybridized carbons (Fsp3) is 0.269. The zero-order valence-corrected chi connectivity index (χ0v) is 21.3. The zero-order chi connectivity index (χ0) is 25.9. The second kappa shape index (κ2) is 10.4. The van der Waals surface area contributed by atoms with Gasteiger partial charge in [-0.2, -0.15) is 0 Å². The average molecular weight is 513 g/mol. The van der Waals surface area contributed by atoms with Crippen molar-refractivity contribution in [1.82, 2.24) is 5.32 Å². The molecule has 0 aliphatic carbocycles. The number of carbonyl (C=O) groups excluding carboxylic acids is 1. The Labute approximate surface area is 210 Å². The van der Waals surface area contributed by atoms with E-state index in [0.717, 1.165) is 21.0 Å². The van der Waals surface area contributed by atoms with E-state index in [1.807, 2.05) is 26.0 Å². The van der Waals surface area contributed by atoms with Crippen LogP contribution in [0.3, 0.4) is 0 Å². The highest BCUT2D eigenvalue weighted by atomic mass is 32.2. The summed E-state index contributed by atoms with van der Waals surface area (Å²) in [6.45, 7) is 3.69. The van der Waals surface area contributed by atoms with Crippen molar-refractivity contribution >= 4 is 21.6 Å². The molecule has 0 fully saturated rings. The van der Waals surface area contributed by atoms with Gasteiger partial charge in [-0.3, -0.25) is 9.10 Å². The van der Waals surface area contributed by atoms with E-state index in [2.05, 4.69) is 5.32 Å². The van der Waals surface area contributed by atoms with Crippen molar-refractivity contribution in [2.24, 2.45) is 0 Å². The molecule has 0 unspecified atom stereocenters. The van der Waals surface area contributed by atoms with Crippen LogP contribution in [0.5, 0.6) is 23.0 Å². The highest BCUT2D eigenvalue weighted by molar-refractivity contribution is 7.92. The maximum absolute atomic E-state index is 13.8. The van der Waals surface area contributed by atoms with Crippen LogP contribution in [0.15, 0.2) is 59.5 Å². The first-order chi connectivity index (χ1) is 17.2. The minimum absolute atomic E-state index is 0.0251. The molecule has 9 nitrogen and oxygen atoms in total. The van der Waals surface area contributed by atoms with Crippen LogP contribution in [-0.4, -0.2) is 41.9 Å². The first-order valence-electron chi connectivity index (χ1n) is 11.2. The third-order valence-electron chi connectivity index (χ3n) is 5.65. The van der Waals surface area contributed by atoms with E-state index in [-0.39, 0.29) is 24.0 Å². The van der Waals surface area contributed by atoms with Gasteiger partial charge in [0.15, 0.2) is 23.0 Å². The molecule has 0 saturated carbocycles. The molecular weight excluding hydrogens is 484 g/mol. The van der Waals surface area contributed by atoms with E-state index in [9.17, 15) is 13.2 Å². The summed E-state index contributed by atoms with van der Waals surface area (Å²) in [6.07, 6.45) is 0. The van der Waals surface area contributed by atoms with Crippen LogP contribution in [-0.2, 0) is 21.4 Å². The quantitative estimate of drug-likeness (QED) is 0.468. The lowest BCUT2D eigenvalue weighted by molar-refractivity contribution is -0.119. The van der Waals surface area contributed by atoms with Gasteiger partial charge in [0.2, 0.25) is 12.7 Å². The molecule has 0 bridgehead atoms. The number of sulfonamides is 1. The maximum atomic E-state index is 13.8. The van der Waals surface area contributed by atoms with Crippen LogP contribution in [0.2, 0.25) is 0 Å². The molecule has 3 aromatic carbocycles. The lowest BCUT2D eigenvalue weighted by Crippen LogP contribution is -2.40. The van der Waals surface area contributed by atoms with Crippen LogP contribution < -0.4 is 28.6 Å². The normalized spacial score (nSPS) is 12.2. The molecule has 0 saturated heterocycles.